The molecule has 0 fully saturated rings. The van der Waals surface area contributed by atoms with Gasteiger partial charge in [-0.25, -0.2) is 17.9 Å². The summed E-state index contributed by atoms with van der Waals surface area (Å²) in [6, 6.07) is 11.0. The van der Waals surface area contributed by atoms with Gasteiger partial charge in [0.25, 0.3) is 0 Å². The number of primary sulfonamides is 1. The molecule has 0 unspecified atom stereocenters. The van der Waals surface area contributed by atoms with E-state index >= 15 is 0 Å². The largest absolute Gasteiger partial charge is 0.238 e. The molecule has 3 rings (SSSR count). The Morgan fingerprint density at radius 1 is 0.957 bits per heavy atom. The SMILES string of the molecule is NS(=O)(=O)c1ccc(C2=CCC=C2c2ccc(Cl)c(F)c2)cc1. The van der Waals surface area contributed by atoms with Gasteiger partial charge in [0.2, 0.25) is 10.0 Å². The van der Waals surface area contributed by atoms with Crippen LogP contribution in [0.4, 0.5) is 4.39 Å². The molecule has 118 valence electrons. The third kappa shape index (κ3) is 3.22. The molecule has 0 radical (unpaired) electrons. The molecule has 0 amide bonds. The van der Waals surface area contributed by atoms with Crippen LogP contribution in [0.15, 0.2) is 59.5 Å². The molecule has 2 aromatic carbocycles. The Labute approximate surface area is 138 Å². The third-order valence-electron chi connectivity index (χ3n) is 3.66. The van der Waals surface area contributed by atoms with Gasteiger partial charge in [-0.2, -0.15) is 0 Å². The van der Waals surface area contributed by atoms with Crippen molar-refractivity contribution in [2.24, 2.45) is 5.14 Å². The van der Waals surface area contributed by atoms with Crippen molar-refractivity contribution < 1.29 is 12.8 Å². The number of hydrogen-bond acceptors (Lipinski definition) is 2. The molecule has 0 aromatic heterocycles. The zero-order valence-corrected chi connectivity index (χ0v) is 13.5. The maximum atomic E-state index is 13.7. The second-order valence-corrected chi connectivity index (χ2v) is 7.14. The highest BCUT2D eigenvalue weighted by atomic mass is 35.5. The lowest BCUT2D eigenvalue weighted by Gasteiger charge is -2.11. The molecule has 1 aliphatic carbocycles. The van der Waals surface area contributed by atoms with E-state index < -0.39 is 15.8 Å². The minimum Gasteiger partial charge on any atom is -0.225 e. The van der Waals surface area contributed by atoms with E-state index in [1.807, 2.05) is 12.2 Å². The number of rotatable bonds is 3. The fraction of sp³-hybridized carbons (Fsp3) is 0.0588. The van der Waals surface area contributed by atoms with Crippen LogP contribution in [0.1, 0.15) is 17.5 Å². The van der Waals surface area contributed by atoms with Crippen LogP contribution in [0, 0.1) is 5.82 Å². The average molecular weight is 350 g/mol. The fourth-order valence-electron chi connectivity index (χ4n) is 2.55. The number of nitrogens with two attached hydrogens (primary N) is 1. The Balaban J connectivity index is 1.97. The van der Waals surface area contributed by atoms with Crippen LogP contribution in [0.5, 0.6) is 0 Å². The minimum atomic E-state index is -3.72. The van der Waals surface area contributed by atoms with Gasteiger partial charge in [-0.1, -0.05) is 42.0 Å². The summed E-state index contributed by atoms with van der Waals surface area (Å²) >= 11 is 5.72. The Morgan fingerprint density at radius 2 is 1.52 bits per heavy atom. The molecule has 0 spiro atoms. The van der Waals surface area contributed by atoms with Gasteiger partial charge in [-0.3, -0.25) is 0 Å². The highest BCUT2D eigenvalue weighted by molar-refractivity contribution is 7.89. The summed E-state index contributed by atoms with van der Waals surface area (Å²) in [7, 11) is -3.72. The van der Waals surface area contributed by atoms with Crippen molar-refractivity contribution in [3.8, 4) is 0 Å². The summed E-state index contributed by atoms with van der Waals surface area (Å²) < 4.78 is 36.3. The van der Waals surface area contributed by atoms with Crippen molar-refractivity contribution in [1.29, 1.82) is 0 Å². The van der Waals surface area contributed by atoms with Crippen LogP contribution in [0.3, 0.4) is 0 Å². The quantitative estimate of drug-likeness (QED) is 0.910. The normalized spacial score (nSPS) is 14.6. The first-order chi connectivity index (χ1) is 10.9. The molecule has 0 bridgehead atoms. The lowest BCUT2D eigenvalue weighted by molar-refractivity contribution is 0.598. The molecule has 3 nitrogen and oxygen atoms in total. The summed E-state index contributed by atoms with van der Waals surface area (Å²) in [4.78, 5) is 0.0583. The van der Waals surface area contributed by atoms with Gasteiger partial charge in [0.15, 0.2) is 0 Å². The average Bonchev–Trinajstić information content (AvgIpc) is 2.99. The smallest absolute Gasteiger partial charge is 0.225 e. The molecule has 0 atom stereocenters. The molecular formula is C17H13ClFNO2S. The van der Waals surface area contributed by atoms with Gasteiger partial charge in [-0.05, 0) is 53.0 Å². The van der Waals surface area contributed by atoms with E-state index in [1.54, 1.807) is 18.2 Å². The standard InChI is InChI=1S/C17H13ClFNO2S/c18-16-9-6-12(10-17(16)19)15-3-1-2-14(15)11-4-7-13(8-5-11)23(20,21)22/h2-10H,1H2,(H2,20,21,22). The van der Waals surface area contributed by atoms with E-state index in [2.05, 4.69) is 0 Å². The number of allylic oxidation sites excluding steroid dienone is 4. The van der Waals surface area contributed by atoms with Crippen molar-refractivity contribution in [2.75, 3.05) is 0 Å². The molecule has 2 aromatic rings. The molecule has 0 aliphatic heterocycles. The van der Waals surface area contributed by atoms with Gasteiger partial charge in [-0.15, -0.1) is 0 Å². The Kier molecular flexibility index (Phi) is 4.10. The van der Waals surface area contributed by atoms with E-state index in [4.69, 9.17) is 16.7 Å². The van der Waals surface area contributed by atoms with E-state index in [-0.39, 0.29) is 9.92 Å². The first-order valence-electron chi connectivity index (χ1n) is 6.85. The predicted octanol–water partition coefficient (Wildman–Crippen LogP) is 4.00. The number of sulfonamides is 1. The monoisotopic (exact) mass is 349 g/mol. The van der Waals surface area contributed by atoms with E-state index in [9.17, 15) is 12.8 Å². The van der Waals surface area contributed by atoms with Crippen molar-refractivity contribution >= 4 is 32.8 Å². The van der Waals surface area contributed by atoms with Crippen LogP contribution >= 0.6 is 11.6 Å². The zero-order chi connectivity index (χ0) is 16.6. The second kappa shape index (κ2) is 5.92. The van der Waals surface area contributed by atoms with Crippen molar-refractivity contribution in [3.63, 3.8) is 0 Å². The maximum Gasteiger partial charge on any atom is 0.238 e. The fourth-order valence-corrected chi connectivity index (χ4v) is 3.18. The molecule has 0 saturated heterocycles. The molecule has 1 aliphatic rings. The molecular weight excluding hydrogens is 337 g/mol. The second-order valence-electron chi connectivity index (χ2n) is 5.17. The molecule has 0 saturated carbocycles. The maximum absolute atomic E-state index is 13.7. The number of hydrogen-bond donors (Lipinski definition) is 1. The lowest BCUT2D eigenvalue weighted by atomic mass is 9.95. The highest BCUT2D eigenvalue weighted by Gasteiger charge is 2.16. The van der Waals surface area contributed by atoms with Crippen molar-refractivity contribution in [2.45, 2.75) is 11.3 Å². The Hall–Kier alpha value is -1.95. The van der Waals surface area contributed by atoms with Crippen LogP contribution in [0.2, 0.25) is 5.02 Å². The Morgan fingerprint density at radius 3 is 2.09 bits per heavy atom. The summed E-state index contributed by atoms with van der Waals surface area (Å²) in [5.74, 6) is -0.471. The van der Waals surface area contributed by atoms with Crippen molar-refractivity contribution in [3.05, 3.63) is 76.6 Å². The Bertz CT molecular complexity index is 932. The molecule has 2 N–H and O–H groups in total. The summed E-state index contributed by atoms with van der Waals surface area (Å²) in [5, 5.41) is 5.18. The zero-order valence-electron chi connectivity index (χ0n) is 12.0. The van der Waals surface area contributed by atoms with E-state index in [1.165, 1.54) is 24.3 Å². The molecule has 6 heteroatoms. The lowest BCUT2D eigenvalue weighted by Crippen LogP contribution is -2.11. The topological polar surface area (TPSA) is 60.2 Å². The third-order valence-corrected chi connectivity index (χ3v) is 4.89. The first kappa shape index (κ1) is 15.9. The van der Waals surface area contributed by atoms with Gasteiger partial charge in [0.05, 0.1) is 9.92 Å². The van der Waals surface area contributed by atoms with E-state index in [0.717, 1.165) is 28.7 Å². The molecule has 23 heavy (non-hydrogen) atoms. The first-order valence-corrected chi connectivity index (χ1v) is 8.78. The summed E-state index contributed by atoms with van der Waals surface area (Å²) in [6.45, 7) is 0. The van der Waals surface area contributed by atoms with E-state index in [0.29, 0.717) is 0 Å². The van der Waals surface area contributed by atoms with Crippen LogP contribution in [0.25, 0.3) is 11.1 Å². The minimum absolute atomic E-state index is 0.0583. The van der Waals surface area contributed by atoms with Crippen LogP contribution in [-0.2, 0) is 10.0 Å². The van der Waals surface area contributed by atoms with Gasteiger partial charge in [0.1, 0.15) is 5.82 Å². The van der Waals surface area contributed by atoms with Gasteiger partial charge >= 0.3 is 0 Å². The van der Waals surface area contributed by atoms with Gasteiger partial charge in [0, 0.05) is 0 Å². The summed E-state index contributed by atoms with van der Waals surface area (Å²) in [6.07, 6.45) is 4.73. The number of halogens is 2. The highest BCUT2D eigenvalue weighted by Crippen LogP contribution is 2.37. The van der Waals surface area contributed by atoms with Crippen LogP contribution in [-0.4, -0.2) is 8.42 Å². The van der Waals surface area contributed by atoms with Crippen LogP contribution < -0.4 is 5.14 Å². The van der Waals surface area contributed by atoms with Gasteiger partial charge < -0.3 is 0 Å². The summed E-state index contributed by atoms with van der Waals surface area (Å²) in [5.41, 5.74) is 3.39. The number of benzene rings is 2. The molecule has 0 heterocycles. The predicted molar refractivity (Wildman–Crippen MR) is 89.8 cm³/mol. The van der Waals surface area contributed by atoms with Crippen molar-refractivity contribution in [1.82, 2.24) is 0 Å².